The quantitative estimate of drug-likeness (QED) is 0.666. The molecule has 4 amide bonds. The van der Waals surface area contributed by atoms with Crippen molar-refractivity contribution < 1.29 is 32.3 Å². The molecule has 1 heterocycles. The molecule has 0 aromatic heterocycles. The molecule has 0 unspecified atom stereocenters. The molecule has 1 aromatic rings. The van der Waals surface area contributed by atoms with Gasteiger partial charge in [-0.1, -0.05) is 12.1 Å². The van der Waals surface area contributed by atoms with Crippen LogP contribution in [-0.4, -0.2) is 36.8 Å². The molecule has 3 N–H and O–H groups in total. The van der Waals surface area contributed by atoms with E-state index in [1.807, 2.05) is 5.32 Å². The van der Waals surface area contributed by atoms with Gasteiger partial charge in [-0.05, 0) is 24.1 Å². The van der Waals surface area contributed by atoms with Gasteiger partial charge in [-0.2, -0.15) is 0 Å². The van der Waals surface area contributed by atoms with Gasteiger partial charge in [0.15, 0.2) is 0 Å². The number of benzene rings is 1. The Bertz CT molecular complexity index is 631. The molecule has 1 aromatic carbocycles. The molecule has 1 atom stereocenters. The normalized spacial score (nSPS) is 17.2. The number of imide groups is 1. The Kier molecular flexibility index (Phi) is 5.27. The Morgan fingerprint density at radius 3 is 2.42 bits per heavy atom. The zero-order chi connectivity index (χ0) is 17.7. The van der Waals surface area contributed by atoms with Gasteiger partial charge in [-0.15, -0.1) is 13.2 Å². The van der Waals surface area contributed by atoms with Crippen LogP contribution in [-0.2, 0) is 16.0 Å². The van der Waals surface area contributed by atoms with E-state index in [-0.39, 0.29) is 18.7 Å². The van der Waals surface area contributed by atoms with E-state index in [1.54, 1.807) is 0 Å². The molecular formula is C14H14F3N3O4. The van der Waals surface area contributed by atoms with E-state index < -0.39 is 30.2 Å². The Hall–Kier alpha value is -2.78. The maximum absolute atomic E-state index is 12.0. The zero-order valence-corrected chi connectivity index (χ0v) is 12.3. The molecule has 1 aliphatic rings. The van der Waals surface area contributed by atoms with Crippen LogP contribution in [0.1, 0.15) is 12.0 Å². The fourth-order valence-electron chi connectivity index (χ4n) is 2.06. The molecule has 1 aliphatic heterocycles. The van der Waals surface area contributed by atoms with Gasteiger partial charge in [0, 0.05) is 6.54 Å². The number of hydrogen-bond donors (Lipinski definition) is 3. The van der Waals surface area contributed by atoms with Crippen LogP contribution in [0.2, 0.25) is 0 Å². The number of urea groups is 1. The molecular weight excluding hydrogens is 331 g/mol. The van der Waals surface area contributed by atoms with Crippen LogP contribution in [0.4, 0.5) is 18.0 Å². The summed E-state index contributed by atoms with van der Waals surface area (Å²) in [5.41, 5.74) is 0.705. The van der Waals surface area contributed by atoms with Gasteiger partial charge in [0.25, 0.3) is 5.91 Å². The largest absolute Gasteiger partial charge is 0.573 e. The molecule has 1 fully saturated rings. The van der Waals surface area contributed by atoms with Crippen molar-refractivity contribution in [2.45, 2.75) is 25.2 Å². The minimum absolute atomic E-state index is 0.185. The highest BCUT2D eigenvalue weighted by atomic mass is 19.4. The summed E-state index contributed by atoms with van der Waals surface area (Å²) in [4.78, 5) is 33.8. The van der Waals surface area contributed by atoms with Gasteiger partial charge in [-0.3, -0.25) is 14.9 Å². The molecule has 7 nitrogen and oxygen atoms in total. The first-order valence-corrected chi connectivity index (χ1v) is 6.96. The van der Waals surface area contributed by atoms with Crippen molar-refractivity contribution in [1.29, 1.82) is 0 Å². The predicted molar refractivity (Wildman–Crippen MR) is 74.9 cm³/mol. The maximum atomic E-state index is 12.0. The van der Waals surface area contributed by atoms with Crippen LogP contribution >= 0.6 is 0 Å². The number of halogens is 3. The summed E-state index contributed by atoms with van der Waals surface area (Å²) in [6, 6.07) is 3.75. The summed E-state index contributed by atoms with van der Waals surface area (Å²) in [6.45, 7) is 0.237. The number of nitrogens with one attached hydrogen (secondary N) is 3. The number of carbonyl (C=O) groups excluding carboxylic acids is 3. The molecule has 10 heteroatoms. The van der Waals surface area contributed by atoms with Crippen LogP contribution in [0.15, 0.2) is 24.3 Å². The standard InChI is InChI=1S/C14H14F3N3O4/c15-14(16,17)24-9-3-1-8(2-4-9)5-6-18-11(21)7-10-12(22)20-13(23)19-10/h1-4,10H,5-7H2,(H,18,21)(H2,19,20,22,23)/t10-/m1/s1. The lowest BCUT2D eigenvalue weighted by Gasteiger charge is -2.10. The third-order valence-corrected chi connectivity index (χ3v) is 3.14. The molecule has 0 bridgehead atoms. The van der Waals surface area contributed by atoms with E-state index in [0.29, 0.717) is 12.0 Å². The molecule has 130 valence electrons. The first kappa shape index (κ1) is 17.6. The molecule has 1 saturated heterocycles. The zero-order valence-electron chi connectivity index (χ0n) is 12.3. The van der Waals surface area contributed by atoms with Crippen LogP contribution in [0.3, 0.4) is 0 Å². The van der Waals surface area contributed by atoms with Crippen molar-refractivity contribution in [1.82, 2.24) is 16.0 Å². The van der Waals surface area contributed by atoms with E-state index in [4.69, 9.17) is 0 Å². The number of carbonyl (C=O) groups is 3. The van der Waals surface area contributed by atoms with Gasteiger partial charge in [0.2, 0.25) is 5.91 Å². The van der Waals surface area contributed by atoms with Crippen molar-refractivity contribution >= 4 is 17.8 Å². The fourth-order valence-corrected chi connectivity index (χ4v) is 2.06. The first-order chi connectivity index (χ1) is 11.2. The molecule has 0 spiro atoms. The highest BCUT2D eigenvalue weighted by molar-refractivity contribution is 6.05. The Balaban J connectivity index is 1.72. The van der Waals surface area contributed by atoms with Crippen LogP contribution in [0.5, 0.6) is 5.75 Å². The van der Waals surface area contributed by atoms with Crippen LogP contribution in [0.25, 0.3) is 0 Å². The van der Waals surface area contributed by atoms with Gasteiger partial charge in [0.05, 0.1) is 6.42 Å². The summed E-state index contributed by atoms with van der Waals surface area (Å²) in [6.07, 6.45) is -4.53. The fraction of sp³-hybridized carbons (Fsp3) is 0.357. The monoisotopic (exact) mass is 345 g/mol. The first-order valence-electron chi connectivity index (χ1n) is 6.96. The molecule has 0 saturated carbocycles. The average molecular weight is 345 g/mol. The Morgan fingerprint density at radius 2 is 1.88 bits per heavy atom. The van der Waals surface area contributed by atoms with Crippen molar-refractivity contribution in [2.24, 2.45) is 0 Å². The highest BCUT2D eigenvalue weighted by Gasteiger charge is 2.31. The van der Waals surface area contributed by atoms with Gasteiger partial charge < -0.3 is 15.4 Å². The van der Waals surface area contributed by atoms with Gasteiger partial charge in [0.1, 0.15) is 11.8 Å². The lowest BCUT2D eigenvalue weighted by Crippen LogP contribution is -2.36. The second-order valence-corrected chi connectivity index (χ2v) is 5.01. The predicted octanol–water partition coefficient (Wildman–Crippen LogP) is 0.842. The minimum atomic E-state index is -4.74. The van der Waals surface area contributed by atoms with Crippen molar-refractivity contribution in [3.63, 3.8) is 0 Å². The summed E-state index contributed by atoms with van der Waals surface area (Å²) in [5, 5.41) is 6.88. The van der Waals surface area contributed by atoms with Gasteiger partial charge in [-0.25, -0.2) is 4.79 Å². The highest BCUT2D eigenvalue weighted by Crippen LogP contribution is 2.22. The molecule has 0 radical (unpaired) electrons. The lowest BCUT2D eigenvalue weighted by molar-refractivity contribution is -0.274. The average Bonchev–Trinajstić information content (AvgIpc) is 2.77. The third kappa shape index (κ3) is 5.45. The second kappa shape index (κ2) is 7.20. The smallest absolute Gasteiger partial charge is 0.406 e. The topological polar surface area (TPSA) is 96.5 Å². The SMILES string of the molecule is O=C(C[C@H]1NC(=O)NC1=O)NCCc1ccc(OC(F)(F)F)cc1. The van der Waals surface area contributed by atoms with E-state index >= 15 is 0 Å². The number of alkyl halides is 3. The molecule has 2 rings (SSSR count). The summed E-state index contributed by atoms with van der Waals surface area (Å²) >= 11 is 0. The van der Waals surface area contributed by atoms with Gasteiger partial charge >= 0.3 is 12.4 Å². The minimum Gasteiger partial charge on any atom is -0.406 e. The van der Waals surface area contributed by atoms with Crippen molar-refractivity contribution in [2.75, 3.05) is 6.54 Å². The Labute approximate surface area is 134 Å². The van der Waals surface area contributed by atoms with E-state index in [1.165, 1.54) is 24.3 Å². The third-order valence-electron chi connectivity index (χ3n) is 3.14. The summed E-state index contributed by atoms with van der Waals surface area (Å²) in [5.74, 6) is -1.30. The van der Waals surface area contributed by atoms with E-state index in [2.05, 4.69) is 15.4 Å². The lowest BCUT2D eigenvalue weighted by atomic mass is 10.1. The maximum Gasteiger partial charge on any atom is 0.573 e. The van der Waals surface area contributed by atoms with Crippen molar-refractivity contribution in [3.8, 4) is 5.75 Å². The summed E-state index contributed by atoms with van der Waals surface area (Å²) < 4.78 is 39.8. The summed E-state index contributed by atoms with van der Waals surface area (Å²) in [7, 11) is 0. The molecule has 24 heavy (non-hydrogen) atoms. The number of ether oxygens (including phenoxy) is 1. The Morgan fingerprint density at radius 1 is 1.21 bits per heavy atom. The second-order valence-electron chi connectivity index (χ2n) is 5.01. The van der Waals surface area contributed by atoms with Crippen molar-refractivity contribution in [3.05, 3.63) is 29.8 Å². The van der Waals surface area contributed by atoms with Crippen LogP contribution in [0, 0.1) is 0 Å². The number of rotatable bonds is 6. The number of amides is 4. The molecule has 0 aliphatic carbocycles. The van der Waals surface area contributed by atoms with E-state index in [9.17, 15) is 27.6 Å². The van der Waals surface area contributed by atoms with Crippen LogP contribution < -0.4 is 20.7 Å². The number of hydrogen-bond acceptors (Lipinski definition) is 4. The van der Waals surface area contributed by atoms with E-state index in [0.717, 1.165) is 0 Å².